The Morgan fingerprint density at radius 2 is 2.15 bits per heavy atom. The molecule has 2 aromatic heterocycles. The molecule has 20 heavy (non-hydrogen) atoms. The first-order chi connectivity index (χ1) is 9.69. The number of fused-ring (bicyclic) bond motifs is 1. The van der Waals surface area contributed by atoms with E-state index in [-0.39, 0.29) is 5.52 Å². The van der Waals surface area contributed by atoms with Crippen molar-refractivity contribution in [2.24, 2.45) is 0 Å². The topological polar surface area (TPSA) is 31.0 Å². The monoisotopic (exact) mass is 296 g/mol. The molecule has 0 aliphatic carbocycles. The van der Waals surface area contributed by atoms with E-state index in [9.17, 15) is 8.78 Å². The fraction of sp³-hybridized carbons (Fsp3) is 0.214. The lowest BCUT2D eigenvalue weighted by atomic mass is 10.3. The molecule has 0 radical (unpaired) electrons. The van der Waals surface area contributed by atoms with Crippen molar-refractivity contribution in [1.82, 2.24) is 9.55 Å². The van der Waals surface area contributed by atoms with Crippen molar-refractivity contribution in [3.05, 3.63) is 53.7 Å². The summed E-state index contributed by atoms with van der Waals surface area (Å²) in [4.78, 5) is 4.22. The second-order valence-corrected chi connectivity index (χ2v) is 4.77. The van der Waals surface area contributed by atoms with Crippen LogP contribution in [0.15, 0.2) is 34.9 Å². The molecule has 0 atom stereocenters. The molecule has 3 rings (SSSR count). The number of furan rings is 1. The molecule has 2 heterocycles. The van der Waals surface area contributed by atoms with E-state index >= 15 is 0 Å². The van der Waals surface area contributed by atoms with E-state index < -0.39 is 11.6 Å². The third kappa shape index (κ3) is 2.29. The predicted molar refractivity (Wildman–Crippen MR) is 71.9 cm³/mol. The molecule has 6 heteroatoms. The van der Waals surface area contributed by atoms with Gasteiger partial charge in [-0.3, -0.25) is 0 Å². The highest BCUT2D eigenvalue weighted by Crippen LogP contribution is 2.23. The van der Waals surface area contributed by atoms with Gasteiger partial charge in [-0.25, -0.2) is 13.8 Å². The molecule has 0 aliphatic heterocycles. The van der Waals surface area contributed by atoms with Crippen molar-refractivity contribution < 1.29 is 13.2 Å². The summed E-state index contributed by atoms with van der Waals surface area (Å²) >= 11 is 5.74. The number of aromatic nitrogens is 2. The predicted octanol–water partition coefficient (Wildman–Crippen LogP) is 3.74. The van der Waals surface area contributed by atoms with Gasteiger partial charge in [-0.1, -0.05) is 0 Å². The van der Waals surface area contributed by atoms with Crippen LogP contribution in [0.3, 0.4) is 0 Å². The SMILES string of the molecule is Fc1cc(F)c2nc(CCCl)n(Cc3ccco3)c2c1. The van der Waals surface area contributed by atoms with E-state index in [4.69, 9.17) is 16.0 Å². The van der Waals surface area contributed by atoms with Crippen LogP contribution in [-0.2, 0) is 13.0 Å². The summed E-state index contributed by atoms with van der Waals surface area (Å²) in [6.45, 7) is 0.360. The van der Waals surface area contributed by atoms with Gasteiger partial charge in [0.2, 0.25) is 0 Å². The molecular formula is C14H11ClF2N2O. The molecule has 0 amide bonds. The maximum atomic E-state index is 13.8. The van der Waals surface area contributed by atoms with E-state index in [1.54, 1.807) is 23.0 Å². The van der Waals surface area contributed by atoms with Gasteiger partial charge in [0.05, 0.1) is 18.3 Å². The summed E-state index contributed by atoms with van der Waals surface area (Å²) in [5.41, 5.74) is 0.553. The van der Waals surface area contributed by atoms with Crippen LogP contribution in [0.2, 0.25) is 0 Å². The van der Waals surface area contributed by atoms with E-state index in [2.05, 4.69) is 4.98 Å². The molecule has 0 saturated heterocycles. The second-order valence-electron chi connectivity index (χ2n) is 4.39. The largest absolute Gasteiger partial charge is 0.467 e. The minimum Gasteiger partial charge on any atom is -0.467 e. The average Bonchev–Trinajstić information content (AvgIpc) is 3.01. The third-order valence-electron chi connectivity index (χ3n) is 3.06. The normalized spacial score (nSPS) is 11.3. The molecule has 104 valence electrons. The molecule has 0 N–H and O–H groups in total. The maximum absolute atomic E-state index is 13.8. The zero-order chi connectivity index (χ0) is 14.1. The van der Waals surface area contributed by atoms with Crippen LogP contribution in [0.25, 0.3) is 11.0 Å². The Kier molecular flexibility index (Phi) is 3.44. The van der Waals surface area contributed by atoms with Crippen LogP contribution in [0.1, 0.15) is 11.6 Å². The molecule has 0 aliphatic rings. The number of imidazole rings is 1. The summed E-state index contributed by atoms with van der Waals surface area (Å²) in [5.74, 6) is 0.341. The Morgan fingerprint density at radius 3 is 2.85 bits per heavy atom. The lowest BCUT2D eigenvalue weighted by Gasteiger charge is -2.06. The van der Waals surface area contributed by atoms with Crippen LogP contribution in [0, 0.1) is 11.6 Å². The summed E-state index contributed by atoms with van der Waals surface area (Å²) < 4.78 is 34.2. The van der Waals surface area contributed by atoms with Crippen LogP contribution >= 0.6 is 11.6 Å². The van der Waals surface area contributed by atoms with Crippen LogP contribution in [-0.4, -0.2) is 15.4 Å². The van der Waals surface area contributed by atoms with Crippen molar-refractivity contribution in [3.63, 3.8) is 0 Å². The fourth-order valence-corrected chi connectivity index (χ4v) is 2.38. The first-order valence-corrected chi connectivity index (χ1v) is 6.65. The molecule has 0 fully saturated rings. The van der Waals surface area contributed by atoms with Crippen LogP contribution in [0.5, 0.6) is 0 Å². The molecule has 1 aromatic carbocycles. The smallest absolute Gasteiger partial charge is 0.153 e. The lowest BCUT2D eigenvalue weighted by molar-refractivity contribution is 0.492. The number of nitrogens with zero attached hydrogens (tertiary/aromatic N) is 2. The van der Waals surface area contributed by atoms with Gasteiger partial charge < -0.3 is 8.98 Å². The van der Waals surface area contributed by atoms with Gasteiger partial charge in [-0.15, -0.1) is 11.6 Å². The number of hydrogen-bond acceptors (Lipinski definition) is 2. The Morgan fingerprint density at radius 1 is 1.30 bits per heavy atom. The van der Waals surface area contributed by atoms with Gasteiger partial charge in [0.15, 0.2) is 5.82 Å². The number of hydrogen-bond donors (Lipinski definition) is 0. The second kappa shape index (κ2) is 5.25. The van der Waals surface area contributed by atoms with Gasteiger partial charge in [-0.2, -0.15) is 0 Å². The summed E-state index contributed by atoms with van der Waals surface area (Å²) in [5, 5.41) is 0. The maximum Gasteiger partial charge on any atom is 0.153 e. The summed E-state index contributed by atoms with van der Waals surface area (Å²) in [7, 11) is 0. The zero-order valence-electron chi connectivity index (χ0n) is 10.4. The van der Waals surface area contributed by atoms with Crippen molar-refractivity contribution >= 4 is 22.6 Å². The number of halogens is 3. The Bertz CT molecular complexity index is 737. The Hall–Kier alpha value is -1.88. The van der Waals surface area contributed by atoms with Gasteiger partial charge in [0, 0.05) is 18.4 Å². The minimum absolute atomic E-state index is 0.151. The van der Waals surface area contributed by atoms with Crippen molar-refractivity contribution in [2.45, 2.75) is 13.0 Å². The highest BCUT2D eigenvalue weighted by atomic mass is 35.5. The third-order valence-corrected chi connectivity index (χ3v) is 3.25. The lowest BCUT2D eigenvalue weighted by Crippen LogP contribution is -2.05. The molecule has 0 spiro atoms. The summed E-state index contributed by atoms with van der Waals surface area (Å²) in [6.07, 6.45) is 2.02. The number of alkyl halides is 1. The highest BCUT2D eigenvalue weighted by Gasteiger charge is 2.16. The molecule has 0 bridgehead atoms. The van der Waals surface area contributed by atoms with Crippen LogP contribution in [0.4, 0.5) is 8.78 Å². The summed E-state index contributed by atoms with van der Waals surface area (Å²) in [6, 6.07) is 5.66. The van der Waals surface area contributed by atoms with E-state index in [1.165, 1.54) is 6.07 Å². The zero-order valence-corrected chi connectivity index (χ0v) is 11.2. The van der Waals surface area contributed by atoms with Gasteiger partial charge in [0.25, 0.3) is 0 Å². The number of aryl methyl sites for hydroxylation is 1. The molecule has 0 saturated carbocycles. The molecule has 3 aromatic rings. The first kappa shape index (κ1) is 13.1. The highest BCUT2D eigenvalue weighted by molar-refractivity contribution is 6.17. The van der Waals surface area contributed by atoms with Crippen molar-refractivity contribution in [1.29, 1.82) is 0 Å². The van der Waals surface area contributed by atoms with E-state index in [0.717, 1.165) is 6.07 Å². The van der Waals surface area contributed by atoms with Gasteiger partial charge in [-0.05, 0) is 18.2 Å². The van der Waals surface area contributed by atoms with E-state index in [1.807, 2.05) is 0 Å². The van der Waals surface area contributed by atoms with E-state index in [0.29, 0.717) is 35.9 Å². The average molecular weight is 297 g/mol. The van der Waals surface area contributed by atoms with Crippen LogP contribution < -0.4 is 0 Å². The van der Waals surface area contributed by atoms with Crippen molar-refractivity contribution in [2.75, 3.05) is 5.88 Å². The quantitative estimate of drug-likeness (QED) is 0.687. The standard InChI is InChI=1S/C14H11ClF2N2O/c15-4-3-13-18-14-11(17)6-9(16)7-12(14)19(13)8-10-2-1-5-20-10/h1-2,5-7H,3-4,8H2. The molecule has 0 unspecified atom stereocenters. The van der Waals surface area contributed by atoms with Gasteiger partial charge in [0.1, 0.15) is 22.9 Å². The number of benzene rings is 1. The van der Waals surface area contributed by atoms with Gasteiger partial charge >= 0.3 is 0 Å². The van der Waals surface area contributed by atoms with Crippen molar-refractivity contribution in [3.8, 4) is 0 Å². The first-order valence-electron chi connectivity index (χ1n) is 6.11. The minimum atomic E-state index is -0.672. The molecular weight excluding hydrogens is 286 g/mol. The fourth-order valence-electron chi connectivity index (χ4n) is 2.21. The Balaban J connectivity index is 2.17. The Labute approximate surface area is 118 Å². The molecule has 3 nitrogen and oxygen atoms in total. The number of rotatable bonds is 4.